The molecule has 1 unspecified atom stereocenters. The Morgan fingerprint density at radius 2 is 2.29 bits per heavy atom. The summed E-state index contributed by atoms with van der Waals surface area (Å²) < 4.78 is 25.9. The zero-order chi connectivity index (χ0) is 15.4. The molecule has 0 aliphatic rings. The third kappa shape index (κ3) is 3.85. The topological polar surface area (TPSA) is 76.9 Å². The number of benzene rings is 1. The first kappa shape index (κ1) is 15.6. The highest BCUT2D eigenvalue weighted by Crippen LogP contribution is 2.20. The fraction of sp³-hybridized carbons (Fsp3) is 0.250. The van der Waals surface area contributed by atoms with Gasteiger partial charge in [-0.2, -0.15) is 0 Å². The van der Waals surface area contributed by atoms with Crippen LogP contribution in [0.1, 0.15) is 10.5 Å². The summed E-state index contributed by atoms with van der Waals surface area (Å²) in [6, 6.07) is 4.45. The van der Waals surface area contributed by atoms with E-state index in [1.165, 1.54) is 18.3 Å². The van der Waals surface area contributed by atoms with Gasteiger partial charge in [-0.1, -0.05) is 22.9 Å². The van der Waals surface area contributed by atoms with Gasteiger partial charge < -0.3 is 5.32 Å². The van der Waals surface area contributed by atoms with E-state index >= 15 is 0 Å². The van der Waals surface area contributed by atoms with E-state index in [1.54, 1.807) is 12.3 Å². The molecule has 0 aliphatic heterocycles. The van der Waals surface area contributed by atoms with E-state index in [0.29, 0.717) is 5.75 Å². The van der Waals surface area contributed by atoms with Crippen molar-refractivity contribution in [1.82, 2.24) is 20.3 Å². The fourth-order valence-corrected chi connectivity index (χ4v) is 2.11. The molecule has 1 aromatic carbocycles. The van der Waals surface area contributed by atoms with Gasteiger partial charge in [-0.3, -0.25) is 9.00 Å². The minimum atomic E-state index is -0.989. The normalized spacial score (nSPS) is 12.1. The molecule has 0 fully saturated rings. The number of halogens is 2. The lowest BCUT2D eigenvalue weighted by molar-refractivity contribution is 0.0951. The van der Waals surface area contributed by atoms with Gasteiger partial charge in [0.1, 0.15) is 5.69 Å². The van der Waals surface area contributed by atoms with E-state index in [1.807, 2.05) is 0 Å². The molecular weight excluding hydrogens is 319 g/mol. The van der Waals surface area contributed by atoms with E-state index in [9.17, 15) is 13.4 Å². The predicted octanol–water partition coefficient (Wildman–Crippen LogP) is 1.17. The van der Waals surface area contributed by atoms with Crippen LogP contribution in [-0.2, 0) is 10.8 Å². The first-order valence-corrected chi connectivity index (χ1v) is 8.04. The highest BCUT2D eigenvalue weighted by molar-refractivity contribution is 7.84. The van der Waals surface area contributed by atoms with Crippen LogP contribution in [0, 0.1) is 5.82 Å². The Labute approximate surface area is 127 Å². The summed E-state index contributed by atoms with van der Waals surface area (Å²) in [5.41, 5.74) is 0.139. The van der Waals surface area contributed by atoms with Gasteiger partial charge in [0.25, 0.3) is 5.91 Å². The van der Waals surface area contributed by atoms with E-state index < -0.39 is 22.5 Å². The highest BCUT2D eigenvalue weighted by atomic mass is 35.5. The standard InChI is InChI=1S/C12H12ClFN4O2S/c1-21(20)6-5-15-12(19)9-7-18(17-16-9)10-4-2-3-8(13)11(10)14/h2-4,7H,5-6H2,1H3,(H,15,19). The average Bonchev–Trinajstić information content (AvgIpc) is 2.91. The second-order valence-corrected chi connectivity index (χ2v) is 6.12. The van der Waals surface area contributed by atoms with Gasteiger partial charge in [0, 0.05) is 29.4 Å². The Kier molecular flexibility index (Phi) is 5.03. The van der Waals surface area contributed by atoms with Crippen molar-refractivity contribution in [3.8, 4) is 5.69 Å². The van der Waals surface area contributed by atoms with Crippen molar-refractivity contribution in [2.75, 3.05) is 18.6 Å². The number of aromatic nitrogens is 3. The molecule has 0 radical (unpaired) electrons. The van der Waals surface area contributed by atoms with Crippen LogP contribution in [0.25, 0.3) is 5.69 Å². The van der Waals surface area contributed by atoms with Crippen molar-refractivity contribution >= 4 is 28.3 Å². The molecule has 6 nitrogen and oxygen atoms in total. The zero-order valence-electron chi connectivity index (χ0n) is 11.0. The van der Waals surface area contributed by atoms with Gasteiger partial charge in [0.05, 0.1) is 11.2 Å². The van der Waals surface area contributed by atoms with Gasteiger partial charge in [-0.25, -0.2) is 9.07 Å². The molecule has 1 heterocycles. The van der Waals surface area contributed by atoms with Crippen molar-refractivity contribution in [1.29, 1.82) is 0 Å². The van der Waals surface area contributed by atoms with Gasteiger partial charge >= 0.3 is 0 Å². The summed E-state index contributed by atoms with van der Waals surface area (Å²) >= 11 is 5.69. The van der Waals surface area contributed by atoms with Crippen LogP contribution in [0.2, 0.25) is 5.02 Å². The molecule has 0 saturated carbocycles. The zero-order valence-corrected chi connectivity index (χ0v) is 12.6. The van der Waals surface area contributed by atoms with E-state index in [0.717, 1.165) is 4.68 Å². The number of amides is 1. The summed E-state index contributed by atoms with van der Waals surface area (Å²) in [5, 5.41) is 9.89. The second-order valence-electron chi connectivity index (χ2n) is 4.15. The number of hydrogen-bond donors (Lipinski definition) is 1. The summed E-state index contributed by atoms with van der Waals surface area (Å²) in [6.45, 7) is 0.264. The first-order chi connectivity index (χ1) is 9.99. The SMILES string of the molecule is CS(=O)CCNC(=O)c1cn(-c2cccc(Cl)c2F)nn1. The maximum atomic E-state index is 13.8. The van der Waals surface area contributed by atoms with Gasteiger partial charge in [0.2, 0.25) is 0 Å². The molecule has 0 spiro atoms. The molecular formula is C12H12ClFN4O2S. The number of nitrogens with one attached hydrogen (secondary N) is 1. The molecule has 0 aliphatic carbocycles. The summed E-state index contributed by atoms with van der Waals surface area (Å²) in [6.07, 6.45) is 2.84. The maximum Gasteiger partial charge on any atom is 0.273 e. The van der Waals surface area contributed by atoms with Crippen LogP contribution in [0.4, 0.5) is 4.39 Å². The Morgan fingerprint density at radius 1 is 1.52 bits per heavy atom. The number of rotatable bonds is 5. The molecule has 1 aromatic heterocycles. The summed E-state index contributed by atoms with van der Waals surface area (Å²) in [4.78, 5) is 11.8. The van der Waals surface area contributed by atoms with E-state index in [4.69, 9.17) is 11.6 Å². The van der Waals surface area contributed by atoms with Gasteiger partial charge in [-0.05, 0) is 12.1 Å². The van der Waals surface area contributed by atoms with E-state index in [-0.39, 0.29) is 22.9 Å². The molecule has 0 saturated heterocycles. The average molecular weight is 331 g/mol. The van der Waals surface area contributed by atoms with Gasteiger partial charge in [0.15, 0.2) is 11.5 Å². The number of hydrogen-bond acceptors (Lipinski definition) is 4. The van der Waals surface area contributed by atoms with Crippen LogP contribution in [-0.4, -0.2) is 43.7 Å². The minimum Gasteiger partial charge on any atom is -0.350 e. The van der Waals surface area contributed by atoms with Crippen molar-refractivity contribution in [3.05, 3.63) is 40.9 Å². The number of carbonyl (C=O) groups excluding carboxylic acids is 1. The second kappa shape index (κ2) is 6.77. The molecule has 1 atom stereocenters. The van der Waals surface area contributed by atoms with Crippen LogP contribution in [0.15, 0.2) is 24.4 Å². The Balaban J connectivity index is 2.12. The molecule has 0 bridgehead atoms. The third-order valence-electron chi connectivity index (χ3n) is 2.58. The number of carbonyl (C=O) groups is 1. The van der Waals surface area contributed by atoms with Gasteiger partial charge in [-0.15, -0.1) is 5.10 Å². The quantitative estimate of drug-likeness (QED) is 0.892. The third-order valence-corrected chi connectivity index (χ3v) is 3.65. The molecule has 1 N–H and O–H groups in total. The Hall–Kier alpha value is -1.80. The van der Waals surface area contributed by atoms with Crippen molar-refractivity contribution in [2.24, 2.45) is 0 Å². The largest absolute Gasteiger partial charge is 0.350 e. The summed E-state index contributed by atoms with van der Waals surface area (Å²) in [7, 11) is -0.989. The highest BCUT2D eigenvalue weighted by Gasteiger charge is 2.14. The van der Waals surface area contributed by atoms with Crippen LogP contribution in [0.3, 0.4) is 0 Å². The summed E-state index contributed by atoms with van der Waals surface area (Å²) in [5.74, 6) is -0.755. The monoisotopic (exact) mass is 330 g/mol. The first-order valence-electron chi connectivity index (χ1n) is 5.94. The minimum absolute atomic E-state index is 0.0382. The lowest BCUT2D eigenvalue weighted by Gasteiger charge is -2.02. The van der Waals surface area contributed by atoms with Crippen molar-refractivity contribution in [2.45, 2.75) is 0 Å². The Bertz CT molecular complexity index is 692. The fourth-order valence-electron chi connectivity index (χ4n) is 1.55. The molecule has 2 aromatic rings. The molecule has 1 amide bonds. The smallest absolute Gasteiger partial charge is 0.273 e. The van der Waals surface area contributed by atoms with Crippen LogP contribution < -0.4 is 5.32 Å². The maximum absolute atomic E-state index is 13.8. The number of nitrogens with zero attached hydrogens (tertiary/aromatic N) is 3. The molecule has 21 heavy (non-hydrogen) atoms. The Morgan fingerprint density at radius 3 is 3.00 bits per heavy atom. The van der Waals surface area contributed by atoms with Crippen LogP contribution in [0.5, 0.6) is 0 Å². The molecule has 9 heteroatoms. The molecule has 112 valence electrons. The molecule has 2 rings (SSSR count). The lowest BCUT2D eigenvalue weighted by Crippen LogP contribution is -2.27. The van der Waals surface area contributed by atoms with Crippen molar-refractivity contribution in [3.63, 3.8) is 0 Å². The van der Waals surface area contributed by atoms with Crippen molar-refractivity contribution < 1.29 is 13.4 Å². The van der Waals surface area contributed by atoms with E-state index in [2.05, 4.69) is 15.6 Å². The van der Waals surface area contributed by atoms with Crippen LogP contribution >= 0.6 is 11.6 Å². The predicted molar refractivity (Wildman–Crippen MR) is 77.6 cm³/mol. The lowest BCUT2D eigenvalue weighted by atomic mass is 10.3.